The Morgan fingerprint density at radius 3 is 1.45 bits per heavy atom. The van der Waals surface area contributed by atoms with E-state index in [0.717, 1.165) is 5.57 Å². The van der Waals surface area contributed by atoms with Crippen LogP contribution in [0.2, 0.25) is 0 Å². The molecule has 0 aliphatic carbocycles. The van der Waals surface area contributed by atoms with Crippen molar-refractivity contribution >= 4 is 12.2 Å². The molecule has 0 saturated heterocycles. The minimum absolute atomic E-state index is 0.500. The lowest BCUT2D eigenvalue weighted by atomic mass is 10.4. The molecule has 0 atom stereocenters. The maximum atomic E-state index is 8.24. The molecule has 0 aliphatic rings. The van der Waals surface area contributed by atoms with Crippen LogP contribution in [0.1, 0.15) is 6.92 Å². The second kappa shape index (κ2) is 24.0. The Morgan fingerprint density at radius 1 is 1.36 bits per heavy atom. The van der Waals surface area contributed by atoms with Crippen LogP contribution in [0.5, 0.6) is 0 Å². The van der Waals surface area contributed by atoms with Crippen LogP contribution >= 0.6 is 0 Å². The van der Waals surface area contributed by atoms with Crippen LogP contribution in [0.3, 0.4) is 0 Å². The summed E-state index contributed by atoms with van der Waals surface area (Å²) in [5.74, 6) is 0. The standard InChI is InChI=1S/C5H8.2CNO/c1-4-5(2)3;2*2-1-3/h4H,1-2H2,3H3;;/q;2*-1. The van der Waals surface area contributed by atoms with Gasteiger partial charge in [-0.1, -0.05) is 24.8 Å². The van der Waals surface area contributed by atoms with E-state index in [1.54, 1.807) is 6.08 Å². The second-order valence-electron chi connectivity index (χ2n) is 1.23. The zero-order chi connectivity index (χ0) is 9.70. The molecular weight excluding hydrogens is 144 g/mol. The molecule has 11 heavy (non-hydrogen) atoms. The minimum atomic E-state index is 0.500. The Bertz CT molecular complexity index is 161. The molecule has 4 nitrogen and oxygen atoms in total. The van der Waals surface area contributed by atoms with Gasteiger partial charge in [0, 0.05) is 0 Å². The number of allylic oxidation sites excluding steroid dienone is 2. The first-order chi connectivity index (χ1) is 5.10. The molecule has 4 heteroatoms. The van der Waals surface area contributed by atoms with E-state index < -0.39 is 0 Å². The molecule has 0 radical (unpaired) electrons. The highest BCUT2D eigenvalue weighted by molar-refractivity contribution is 5.37. The van der Waals surface area contributed by atoms with Crippen molar-refractivity contribution in [3.8, 4) is 0 Å². The van der Waals surface area contributed by atoms with E-state index in [2.05, 4.69) is 13.2 Å². The van der Waals surface area contributed by atoms with Crippen molar-refractivity contribution in [3.05, 3.63) is 35.6 Å². The summed E-state index contributed by atoms with van der Waals surface area (Å²) >= 11 is 0. The van der Waals surface area contributed by atoms with E-state index in [-0.39, 0.29) is 0 Å². The molecular formula is C7H8N2O2-2. The highest BCUT2D eigenvalue weighted by atomic mass is 16.1. The van der Waals surface area contributed by atoms with Gasteiger partial charge in [0.05, 0.1) is 0 Å². The molecule has 0 fully saturated rings. The number of carbonyl (C=O) groups excluding carboxylic acids is 2. The third kappa shape index (κ3) is 5570. The fourth-order valence-electron chi connectivity index (χ4n) is 0. The van der Waals surface area contributed by atoms with Gasteiger partial charge in [0.15, 0.2) is 0 Å². The minimum Gasteiger partial charge on any atom is -0.724 e. The molecule has 0 saturated carbocycles. The maximum absolute atomic E-state index is 8.24. The Hall–Kier alpha value is -1.76. The molecule has 0 aromatic rings. The zero-order valence-corrected chi connectivity index (χ0v) is 6.20. The Labute approximate surface area is 65.3 Å². The van der Waals surface area contributed by atoms with E-state index >= 15 is 0 Å². The topological polar surface area (TPSA) is 78.7 Å². The van der Waals surface area contributed by atoms with E-state index in [1.807, 2.05) is 6.92 Å². The Kier molecular flexibility index (Phi) is 35.2. The molecule has 0 N–H and O–H groups in total. The van der Waals surface area contributed by atoms with Gasteiger partial charge >= 0.3 is 0 Å². The SMILES string of the molecule is C=CC(=C)C.[N-]=C=O.[N-]=C=O. The van der Waals surface area contributed by atoms with Gasteiger partial charge in [0.1, 0.15) is 0 Å². The van der Waals surface area contributed by atoms with Gasteiger partial charge in [-0.15, -0.1) is 0 Å². The second-order valence-corrected chi connectivity index (χ2v) is 1.23. The summed E-state index contributed by atoms with van der Waals surface area (Å²) in [6.45, 7) is 8.93. The summed E-state index contributed by atoms with van der Waals surface area (Å²) in [5.41, 5.74) is 1.02. The number of hydrogen-bond acceptors (Lipinski definition) is 2. The first kappa shape index (κ1) is 16.1. The highest BCUT2D eigenvalue weighted by Crippen LogP contribution is 1.81. The average molecular weight is 152 g/mol. The predicted molar refractivity (Wildman–Crippen MR) is 43.1 cm³/mol. The van der Waals surface area contributed by atoms with E-state index in [9.17, 15) is 0 Å². The normalized spacial score (nSPS) is 4.45. The van der Waals surface area contributed by atoms with Crippen molar-refractivity contribution in [1.29, 1.82) is 0 Å². The van der Waals surface area contributed by atoms with E-state index in [0.29, 0.717) is 12.2 Å². The summed E-state index contributed by atoms with van der Waals surface area (Å²) in [5, 5.41) is 13.5. The third-order valence-electron chi connectivity index (χ3n) is 0.348. The molecule has 60 valence electrons. The van der Waals surface area contributed by atoms with Crippen molar-refractivity contribution in [2.45, 2.75) is 6.92 Å². The van der Waals surface area contributed by atoms with Gasteiger partial charge < -0.3 is 10.8 Å². The molecule has 0 rings (SSSR count). The quantitative estimate of drug-likeness (QED) is 0.324. The van der Waals surface area contributed by atoms with E-state index in [4.69, 9.17) is 20.4 Å². The predicted octanol–water partition coefficient (Wildman–Crippen LogP) is 1.53. The van der Waals surface area contributed by atoms with Crippen molar-refractivity contribution in [2.75, 3.05) is 0 Å². The summed E-state index contributed by atoms with van der Waals surface area (Å²) in [4.78, 5) is 16.5. The number of rotatable bonds is 1. The number of nitrogens with zero attached hydrogens (tertiary/aromatic N) is 2. The smallest absolute Gasteiger partial charge is 0.0159 e. The molecule has 0 spiro atoms. The first-order valence-corrected chi connectivity index (χ1v) is 2.41. The zero-order valence-electron chi connectivity index (χ0n) is 6.20. The van der Waals surface area contributed by atoms with Crippen molar-refractivity contribution in [1.82, 2.24) is 0 Å². The summed E-state index contributed by atoms with van der Waals surface area (Å²) < 4.78 is 0. The monoisotopic (exact) mass is 152 g/mol. The van der Waals surface area contributed by atoms with Gasteiger partial charge in [0.25, 0.3) is 0 Å². The van der Waals surface area contributed by atoms with Crippen LogP contribution in [0.4, 0.5) is 0 Å². The molecule has 0 aliphatic heterocycles. The van der Waals surface area contributed by atoms with Gasteiger partial charge in [-0.3, -0.25) is 9.59 Å². The summed E-state index contributed by atoms with van der Waals surface area (Å²) in [6, 6.07) is 0. The molecule has 0 aromatic carbocycles. The fraction of sp³-hybridized carbons (Fsp3) is 0.143. The number of isocyanates is 2. The number of hydrogen-bond donors (Lipinski definition) is 0. The summed E-state index contributed by atoms with van der Waals surface area (Å²) in [6.07, 6.45) is 2.72. The summed E-state index contributed by atoms with van der Waals surface area (Å²) in [7, 11) is 0. The third-order valence-corrected chi connectivity index (χ3v) is 0.348. The Balaban J connectivity index is -0.0000000933. The van der Waals surface area contributed by atoms with Gasteiger partial charge in [-0.25, -0.2) is 0 Å². The molecule has 0 unspecified atom stereocenters. The maximum Gasteiger partial charge on any atom is -0.0159 e. The van der Waals surface area contributed by atoms with Crippen LogP contribution in [-0.2, 0) is 9.59 Å². The van der Waals surface area contributed by atoms with Gasteiger partial charge in [0.2, 0.25) is 0 Å². The lowest BCUT2D eigenvalue weighted by Gasteiger charge is -1.71. The largest absolute Gasteiger partial charge is 0.724 e. The van der Waals surface area contributed by atoms with Crippen LogP contribution < -0.4 is 0 Å². The Morgan fingerprint density at radius 2 is 1.45 bits per heavy atom. The van der Waals surface area contributed by atoms with Crippen LogP contribution in [0, 0.1) is 0 Å². The van der Waals surface area contributed by atoms with Crippen molar-refractivity contribution in [3.63, 3.8) is 0 Å². The molecule has 0 aromatic heterocycles. The van der Waals surface area contributed by atoms with Gasteiger partial charge in [-0.05, 0) is 19.1 Å². The molecule has 0 bridgehead atoms. The van der Waals surface area contributed by atoms with Crippen LogP contribution in [0.15, 0.2) is 24.8 Å². The average Bonchev–Trinajstić information content (AvgIpc) is 1.91. The fourth-order valence-corrected chi connectivity index (χ4v) is 0. The van der Waals surface area contributed by atoms with Crippen molar-refractivity contribution < 1.29 is 9.59 Å². The lowest BCUT2D eigenvalue weighted by Crippen LogP contribution is -1.50. The molecule has 0 heterocycles. The highest BCUT2D eigenvalue weighted by Gasteiger charge is 1.59. The lowest BCUT2D eigenvalue weighted by molar-refractivity contribution is 0.568. The first-order valence-electron chi connectivity index (χ1n) is 2.41. The van der Waals surface area contributed by atoms with Crippen molar-refractivity contribution in [2.24, 2.45) is 0 Å². The molecule has 0 amide bonds. The van der Waals surface area contributed by atoms with E-state index in [1.165, 1.54) is 0 Å². The van der Waals surface area contributed by atoms with Crippen LogP contribution in [-0.4, -0.2) is 12.2 Å². The van der Waals surface area contributed by atoms with Crippen LogP contribution in [0.25, 0.3) is 10.8 Å². The van der Waals surface area contributed by atoms with Gasteiger partial charge in [-0.2, -0.15) is 0 Å².